The summed E-state index contributed by atoms with van der Waals surface area (Å²) in [6.07, 6.45) is 0.807. The fourth-order valence-electron chi connectivity index (χ4n) is 2.94. The first-order chi connectivity index (χ1) is 11.9. The van der Waals surface area contributed by atoms with E-state index in [1.165, 1.54) is 0 Å². The number of nitrogens with one attached hydrogen (secondary N) is 1. The predicted octanol–water partition coefficient (Wildman–Crippen LogP) is 4.27. The number of rotatable bonds is 7. The van der Waals surface area contributed by atoms with Crippen LogP contribution in [0.3, 0.4) is 0 Å². The fraction of sp³-hybridized carbons (Fsp3) is 0.381. The van der Waals surface area contributed by atoms with Crippen molar-refractivity contribution in [3.63, 3.8) is 0 Å². The maximum Gasteiger partial charge on any atom is 0.258 e. The van der Waals surface area contributed by atoms with E-state index in [9.17, 15) is 4.79 Å². The summed E-state index contributed by atoms with van der Waals surface area (Å²) in [6, 6.07) is 11.9. The molecule has 2 aromatic rings. The van der Waals surface area contributed by atoms with Crippen LogP contribution in [0.15, 0.2) is 36.4 Å². The highest BCUT2D eigenvalue weighted by Crippen LogP contribution is 2.24. The Morgan fingerprint density at radius 2 is 1.76 bits per heavy atom. The number of benzene rings is 2. The molecule has 25 heavy (non-hydrogen) atoms. The SMILES string of the molecule is CC[C@@H](NC(=O)COc1cc(C)cc(C)c1)c1ccc(OC)c(C)c1. The zero-order valence-corrected chi connectivity index (χ0v) is 15.7. The van der Waals surface area contributed by atoms with Crippen molar-refractivity contribution in [1.29, 1.82) is 0 Å². The lowest BCUT2D eigenvalue weighted by Gasteiger charge is -2.19. The maximum absolute atomic E-state index is 12.3. The van der Waals surface area contributed by atoms with Gasteiger partial charge in [-0.1, -0.05) is 25.1 Å². The van der Waals surface area contributed by atoms with E-state index in [0.29, 0.717) is 0 Å². The van der Waals surface area contributed by atoms with Crippen LogP contribution in [0.5, 0.6) is 11.5 Å². The molecular formula is C21H27NO3. The number of carbonyl (C=O) groups is 1. The van der Waals surface area contributed by atoms with E-state index in [4.69, 9.17) is 9.47 Å². The summed E-state index contributed by atoms with van der Waals surface area (Å²) in [5.74, 6) is 1.45. The van der Waals surface area contributed by atoms with Gasteiger partial charge in [-0.3, -0.25) is 4.79 Å². The molecule has 0 saturated heterocycles. The van der Waals surface area contributed by atoms with E-state index >= 15 is 0 Å². The van der Waals surface area contributed by atoms with Crippen LogP contribution in [0.2, 0.25) is 0 Å². The molecule has 1 N–H and O–H groups in total. The van der Waals surface area contributed by atoms with Gasteiger partial charge in [-0.05, 0) is 67.6 Å². The standard InChI is InChI=1S/C21H27NO3/c1-6-19(17-7-8-20(24-5)16(4)12-17)22-21(23)13-25-18-10-14(2)9-15(3)11-18/h7-12,19H,6,13H2,1-5H3,(H,22,23)/t19-/m1/s1. The van der Waals surface area contributed by atoms with Crippen molar-refractivity contribution in [2.45, 2.75) is 40.2 Å². The summed E-state index contributed by atoms with van der Waals surface area (Å²) in [5.41, 5.74) is 4.37. The minimum Gasteiger partial charge on any atom is -0.496 e. The number of ether oxygens (including phenoxy) is 2. The molecule has 2 aromatic carbocycles. The number of hydrogen-bond donors (Lipinski definition) is 1. The van der Waals surface area contributed by atoms with Gasteiger partial charge in [0.05, 0.1) is 13.2 Å². The van der Waals surface area contributed by atoms with E-state index in [2.05, 4.69) is 24.4 Å². The van der Waals surface area contributed by atoms with E-state index in [-0.39, 0.29) is 18.6 Å². The predicted molar refractivity (Wildman–Crippen MR) is 100 cm³/mol. The van der Waals surface area contributed by atoms with Crippen molar-refractivity contribution in [2.24, 2.45) is 0 Å². The molecule has 0 aliphatic carbocycles. The molecule has 0 radical (unpaired) electrons. The van der Waals surface area contributed by atoms with Crippen molar-refractivity contribution in [2.75, 3.05) is 13.7 Å². The molecule has 0 heterocycles. The smallest absolute Gasteiger partial charge is 0.258 e. The van der Waals surface area contributed by atoms with Crippen LogP contribution in [-0.2, 0) is 4.79 Å². The molecule has 0 spiro atoms. The minimum atomic E-state index is -0.125. The Labute approximate surface area is 150 Å². The van der Waals surface area contributed by atoms with Gasteiger partial charge in [0.15, 0.2) is 6.61 Å². The molecule has 0 bridgehead atoms. The Hall–Kier alpha value is -2.49. The van der Waals surface area contributed by atoms with Gasteiger partial charge in [-0.2, -0.15) is 0 Å². The molecule has 1 amide bonds. The lowest BCUT2D eigenvalue weighted by atomic mass is 10.0. The Morgan fingerprint density at radius 1 is 1.08 bits per heavy atom. The van der Waals surface area contributed by atoms with Gasteiger partial charge in [-0.25, -0.2) is 0 Å². The summed E-state index contributed by atoms with van der Waals surface area (Å²) in [6.45, 7) is 8.09. The van der Waals surface area contributed by atoms with Crippen LogP contribution < -0.4 is 14.8 Å². The fourth-order valence-corrected chi connectivity index (χ4v) is 2.94. The third kappa shape index (κ3) is 5.24. The molecule has 0 aromatic heterocycles. The van der Waals surface area contributed by atoms with Crippen molar-refractivity contribution in [3.05, 3.63) is 58.7 Å². The Balaban J connectivity index is 1.98. The zero-order valence-electron chi connectivity index (χ0n) is 15.7. The summed E-state index contributed by atoms with van der Waals surface area (Å²) in [7, 11) is 1.66. The Kier molecular flexibility index (Phi) is 6.45. The first-order valence-corrected chi connectivity index (χ1v) is 8.58. The van der Waals surface area contributed by atoms with E-state index in [1.54, 1.807) is 7.11 Å². The monoisotopic (exact) mass is 341 g/mol. The molecule has 2 rings (SSSR count). The van der Waals surface area contributed by atoms with Gasteiger partial charge in [0.1, 0.15) is 11.5 Å². The van der Waals surface area contributed by atoms with Crippen LogP contribution in [0, 0.1) is 20.8 Å². The molecule has 0 saturated carbocycles. The average molecular weight is 341 g/mol. The Morgan fingerprint density at radius 3 is 2.32 bits per heavy atom. The van der Waals surface area contributed by atoms with Gasteiger partial charge < -0.3 is 14.8 Å². The second-order valence-corrected chi connectivity index (χ2v) is 6.37. The maximum atomic E-state index is 12.3. The molecule has 1 atom stereocenters. The second-order valence-electron chi connectivity index (χ2n) is 6.37. The highest BCUT2D eigenvalue weighted by atomic mass is 16.5. The number of aryl methyl sites for hydroxylation is 3. The lowest BCUT2D eigenvalue weighted by molar-refractivity contribution is -0.123. The lowest BCUT2D eigenvalue weighted by Crippen LogP contribution is -2.32. The quantitative estimate of drug-likeness (QED) is 0.818. The number of hydrogen-bond acceptors (Lipinski definition) is 3. The average Bonchev–Trinajstić information content (AvgIpc) is 2.57. The van der Waals surface area contributed by atoms with E-state index in [0.717, 1.165) is 40.2 Å². The van der Waals surface area contributed by atoms with Gasteiger partial charge in [0.2, 0.25) is 0 Å². The summed E-state index contributed by atoms with van der Waals surface area (Å²) in [4.78, 5) is 12.3. The van der Waals surface area contributed by atoms with Crippen LogP contribution in [0.1, 0.15) is 41.6 Å². The minimum absolute atomic E-state index is 0.00846. The van der Waals surface area contributed by atoms with Crippen molar-refractivity contribution >= 4 is 5.91 Å². The summed E-state index contributed by atoms with van der Waals surface area (Å²) >= 11 is 0. The third-order valence-corrected chi connectivity index (χ3v) is 4.13. The number of carbonyl (C=O) groups excluding carboxylic acids is 1. The molecule has 0 aliphatic heterocycles. The van der Waals surface area contributed by atoms with Crippen LogP contribution in [0.4, 0.5) is 0 Å². The first-order valence-electron chi connectivity index (χ1n) is 8.58. The van der Waals surface area contributed by atoms with Crippen molar-refractivity contribution in [1.82, 2.24) is 5.32 Å². The largest absolute Gasteiger partial charge is 0.496 e. The summed E-state index contributed by atoms with van der Waals surface area (Å²) < 4.78 is 10.9. The molecule has 0 unspecified atom stereocenters. The number of amides is 1. The highest BCUT2D eigenvalue weighted by molar-refractivity contribution is 5.78. The molecule has 134 valence electrons. The molecule has 0 aliphatic rings. The van der Waals surface area contributed by atoms with Gasteiger partial charge in [0.25, 0.3) is 5.91 Å². The molecule has 4 nitrogen and oxygen atoms in total. The van der Waals surface area contributed by atoms with Crippen LogP contribution >= 0.6 is 0 Å². The van der Waals surface area contributed by atoms with Crippen molar-refractivity contribution < 1.29 is 14.3 Å². The Bertz CT molecular complexity index is 720. The second kappa shape index (κ2) is 8.56. The molecule has 4 heteroatoms. The molecular weight excluding hydrogens is 314 g/mol. The zero-order chi connectivity index (χ0) is 18.4. The van der Waals surface area contributed by atoms with Gasteiger partial charge >= 0.3 is 0 Å². The van der Waals surface area contributed by atoms with Gasteiger partial charge in [-0.15, -0.1) is 0 Å². The number of methoxy groups -OCH3 is 1. The third-order valence-electron chi connectivity index (χ3n) is 4.13. The van der Waals surface area contributed by atoms with E-state index < -0.39 is 0 Å². The highest BCUT2D eigenvalue weighted by Gasteiger charge is 2.14. The van der Waals surface area contributed by atoms with Gasteiger partial charge in [0, 0.05) is 0 Å². The van der Waals surface area contributed by atoms with Crippen LogP contribution in [-0.4, -0.2) is 19.6 Å². The normalized spacial score (nSPS) is 11.7. The van der Waals surface area contributed by atoms with E-state index in [1.807, 2.05) is 45.0 Å². The first kappa shape index (κ1) is 18.8. The van der Waals surface area contributed by atoms with Crippen LogP contribution in [0.25, 0.3) is 0 Å². The topological polar surface area (TPSA) is 47.6 Å². The molecule has 0 fully saturated rings. The van der Waals surface area contributed by atoms with Crippen molar-refractivity contribution in [3.8, 4) is 11.5 Å². The summed E-state index contributed by atoms with van der Waals surface area (Å²) in [5, 5.41) is 3.04.